The fourth-order valence-electron chi connectivity index (χ4n) is 6.10. The fourth-order valence-corrected chi connectivity index (χ4v) is 6.10. The van der Waals surface area contributed by atoms with Crippen LogP contribution in [0, 0.1) is 17.8 Å². The van der Waals surface area contributed by atoms with E-state index in [0.29, 0.717) is 5.92 Å². The van der Waals surface area contributed by atoms with E-state index >= 15 is 0 Å². The lowest BCUT2D eigenvalue weighted by molar-refractivity contribution is -0.253. The Bertz CT molecular complexity index is 893. The molecule has 0 radical (unpaired) electrons. The predicted octanol–water partition coefficient (Wildman–Crippen LogP) is 9.47. The van der Waals surface area contributed by atoms with Crippen molar-refractivity contribution >= 4 is 0 Å². The van der Waals surface area contributed by atoms with Crippen LogP contribution in [-0.2, 0) is 0 Å². The Hall–Kier alpha value is -2.04. The molecule has 2 aromatic carbocycles. The number of alkyl halides is 4. The molecule has 2 aliphatic carbocycles. The lowest BCUT2D eigenvalue weighted by Gasteiger charge is -2.42. The number of hydrogen-bond donors (Lipinski definition) is 0. The van der Waals surface area contributed by atoms with Crippen molar-refractivity contribution in [3.8, 4) is 16.9 Å². The van der Waals surface area contributed by atoms with Crippen LogP contribution in [0.3, 0.4) is 0 Å². The Labute approximate surface area is 200 Å². The van der Waals surface area contributed by atoms with Crippen molar-refractivity contribution in [2.75, 3.05) is 0 Å². The number of halogens is 4. The quantitative estimate of drug-likeness (QED) is 0.259. The van der Waals surface area contributed by atoms with Gasteiger partial charge < -0.3 is 4.74 Å². The zero-order chi connectivity index (χ0) is 24.1. The standard InChI is InChI=1S/C29H36F4O/c1-2-3-4-5-20-6-7-26-19-25(13-12-24(26)18-20)23-10-8-21(9-11-23)22-14-16-27(17-15-22)34-29(32,33)28(30)31/h8-11,14-17,20,24-26,28H,2-7,12-13,18-19H2,1H3. The first-order chi connectivity index (χ1) is 16.4. The molecule has 4 atom stereocenters. The lowest BCUT2D eigenvalue weighted by atomic mass is 9.63. The van der Waals surface area contributed by atoms with Crippen molar-refractivity contribution in [2.45, 2.75) is 89.6 Å². The van der Waals surface area contributed by atoms with Crippen molar-refractivity contribution in [1.82, 2.24) is 0 Å². The number of benzene rings is 2. The summed E-state index contributed by atoms with van der Waals surface area (Å²) >= 11 is 0. The molecule has 0 N–H and O–H groups in total. The van der Waals surface area contributed by atoms with E-state index in [2.05, 4.69) is 35.9 Å². The summed E-state index contributed by atoms with van der Waals surface area (Å²) in [5.74, 6) is 3.05. The van der Waals surface area contributed by atoms with Crippen molar-refractivity contribution < 1.29 is 22.3 Å². The first-order valence-corrected chi connectivity index (χ1v) is 12.9. The van der Waals surface area contributed by atoms with Gasteiger partial charge in [0.05, 0.1) is 0 Å². The monoisotopic (exact) mass is 476 g/mol. The zero-order valence-electron chi connectivity index (χ0n) is 20.0. The Balaban J connectivity index is 1.32. The van der Waals surface area contributed by atoms with Gasteiger partial charge >= 0.3 is 12.5 Å². The highest BCUT2D eigenvalue weighted by Crippen LogP contribution is 2.48. The summed E-state index contributed by atoms with van der Waals surface area (Å²) in [6.07, 6.45) is 5.24. The third-order valence-corrected chi connectivity index (χ3v) is 8.02. The average molecular weight is 477 g/mol. The highest BCUT2D eigenvalue weighted by atomic mass is 19.3. The highest BCUT2D eigenvalue weighted by molar-refractivity contribution is 5.64. The Morgan fingerprint density at radius 2 is 1.44 bits per heavy atom. The average Bonchev–Trinajstić information content (AvgIpc) is 2.84. The molecule has 0 aliphatic heterocycles. The first kappa shape index (κ1) is 25.1. The number of rotatable bonds is 9. The van der Waals surface area contributed by atoms with Gasteiger partial charge in [-0.3, -0.25) is 0 Å². The van der Waals surface area contributed by atoms with E-state index in [-0.39, 0.29) is 5.75 Å². The summed E-state index contributed by atoms with van der Waals surface area (Å²) in [7, 11) is 0. The van der Waals surface area contributed by atoms with E-state index in [1.54, 1.807) is 12.1 Å². The van der Waals surface area contributed by atoms with Crippen LogP contribution in [0.1, 0.15) is 82.6 Å². The van der Waals surface area contributed by atoms with Gasteiger partial charge in [0.25, 0.3) is 0 Å². The molecule has 0 bridgehead atoms. The van der Waals surface area contributed by atoms with Crippen molar-refractivity contribution in [2.24, 2.45) is 17.8 Å². The minimum absolute atomic E-state index is 0.275. The van der Waals surface area contributed by atoms with Gasteiger partial charge in [-0.1, -0.05) is 75.4 Å². The van der Waals surface area contributed by atoms with Crippen LogP contribution < -0.4 is 4.74 Å². The molecular weight excluding hydrogens is 440 g/mol. The second-order valence-electron chi connectivity index (χ2n) is 10.3. The molecule has 0 saturated heterocycles. The molecule has 0 amide bonds. The largest absolute Gasteiger partial charge is 0.461 e. The van der Waals surface area contributed by atoms with Gasteiger partial charge in [-0.25, -0.2) is 0 Å². The number of ether oxygens (including phenoxy) is 1. The second-order valence-corrected chi connectivity index (χ2v) is 10.3. The molecule has 2 aliphatic rings. The van der Waals surface area contributed by atoms with Gasteiger partial charge in [-0.05, 0) is 84.6 Å². The van der Waals surface area contributed by atoms with Crippen LogP contribution in [-0.4, -0.2) is 12.5 Å². The molecule has 2 fully saturated rings. The maximum atomic E-state index is 13.1. The number of hydrogen-bond acceptors (Lipinski definition) is 1. The van der Waals surface area contributed by atoms with Gasteiger partial charge in [-0.15, -0.1) is 0 Å². The van der Waals surface area contributed by atoms with Gasteiger partial charge in [0.15, 0.2) is 0 Å². The van der Waals surface area contributed by atoms with Crippen LogP contribution in [0.15, 0.2) is 48.5 Å². The molecule has 0 heterocycles. The smallest absolute Gasteiger partial charge is 0.428 e. The van der Waals surface area contributed by atoms with E-state index < -0.39 is 12.5 Å². The summed E-state index contributed by atoms with van der Waals surface area (Å²) in [6, 6.07) is 14.4. The highest BCUT2D eigenvalue weighted by Gasteiger charge is 2.44. The van der Waals surface area contributed by atoms with Crippen LogP contribution in [0.5, 0.6) is 5.75 Å². The molecular formula is C29H36F4O. The molecule has 5 heteroatoms. The maximum Gasteiger partial charge on any atom is 0.461 e. The molecule has 4 rings (SSSR count). The molecule has 2 saturated carbocycles. The SMILES string of the molecule is CCCCCC1CCC2CC(c3ccc(-c4ccc(OC(F)(F)C(F)F)cc4)cc3)CCC2C1. The van der Waals surface area contributed by atoms with Gasteiger partial charge in [0, 0.05) is 0 Å². The van der Waals surface area contributed by atoms with Crippen LogP contribution in [0.4, 0.5) is 17.6 Å². The molecule has 0 aromatic heterocycles. The van der Waals surface area contributed by atoms with Crippen molar-refractivity contribution in [3.05, 3.63) is 54.1 Å². The number of fused-ring (bicyclic) bond motifs is 1. The van der Waals surface area contributed by atoms with E-state index in [4.69, 9.17) is 0 Å². The molecule has 186 valence electrons. The van der Waals surface area contributed by atoms with E-state index in [9.17, 15) is 17.6 Å². The molecule has 0 spiro atoms. The second kappa shape index (κ2) is 11.1. The summed E-state index contributed by atoms with van der Waals surface area (Å²) in [5, 5.41) is 0. The minimum Gasteiger partial charge on any atom is -0.428 e. The first-order valence-electron chi connectivity index (χ1n) is 12.9. The van der Waals surface area contributed by atoms with E-state index in [0.717, 1.165) is 28.9 Å². The maximum absolute atomic E-state index is 13.1. The van der Waals surface area contributed by atoms with Gasteiger partial charge in [-0.2, -0.15) is 17.6 Å². The molecule has 1 nitrogen and oxygen atoms in total. The molecule has 2 aromatic rings. The zero-order valence-corrected chi connectivity index (χ0v) is 20.0. The molecule has 4 unspecified atom stereocenters. The van der Waals surface area contributed by atoms with E-state index in [1.807, 2.05) is 0 Å². The Kier molecular flexibility index (Phi) is 8.21. The van der Waals surface area contributed by atoms with E-state index in [1.165, 1.54) is 81.9 Å². The predicted molar refractivity (Wildman–Crippen MR) is 129 cm³/mol. The number of unbranched alkanes of at least 4 members (excludes halogenated alkanes) is 2. The van der Waals surface area contributed by atoms with Gasteiger partial charge in [0.2, 0.25) is 0 Å². The lowest BCUT2D eigenvalue weighted by Crippen LogP contribution is -2.33. The third kappa shape index (κ3) is 6.14. The Morgan fingerprint density at radius 3 is 2.09 bits per heavy atom. The molecule has 34 heavy (non-hydrogen) atoms. The van der Waals surface area contributed by atoms with Gasteiger partial charge in [0.1, 0.15) is 5.75 Å². The van der Waals surface area contributed by atoms with Crippen LogP contribution >= 0.6 is 0 Å². The van der Waals surface area contributed by atoms with Crippen LogP contribution in [0.2, 0.25) is 0 Å². The van der Waals surface area contributed by atoms with Crippen molar-refractivity contribution in [1.29, 1.82) is 0 Å². The summed E-state index contributed by atoms with van der Waals surface area (Å²) in [5.41, 5.74) is 3.19. The topological polar surface area (TPSA) is 9.23 Å². The summed E-state index contributed by atoms with van der Waals surface area (Å²) < 4.78 is 55.0. The van der Waals surface area contributed by atoms with Crippen LogP contribution in [0.25, 0.3) is 11.1 Å². The summed E-state index contributed by atoms with van der Waals surface area (Å²) in [6.45, 7) is 2.28. The minimum atomic E-state index is -4.49. The summed E-state index contributed by atoms with van der Waals surface area (Å²) in [4.78, 5) is 0. The normalized spacial score (nSPS) is 25.2. The fraction of sp³-hybridized carbons (Fsp3) is 0.586. The third-order valence-electron chi connectivity index (χ3n) is 8.02. The van der Waals surface area contributed by atoms with Crippen molar-refractivity contribution in [3.63, 3.8) is 0 Å². The Morgan fingerprint density at radius 1 is 0.824 bits per heavy atom.